The summed E-state index contributed by atoms with van der Waals surface area (Å²) in [5.41, 5.74) is 0.670. The van der Waals surface area contributed by atoms with Crippen molar-refractivity contribution in [3.63, 3.8) is 0 Å². The van der Waals surface area contributed by atoms with E-state index in [2.05, 4.69) is 4.99 Å². The maximum Gasteiger partial charge on any atom is 0.335 e. The minimum Gasteiger partial charge on any atom is -0.482 e. The van der Waals surface area contributed by atoms with Gasteiger partial charge in [-0.3, -0.25) is 9.79 Å². The molecule has 2 N–H and O–H groups in total. The number of ether oxygens (including phenoxy) is 1. The van der Waals surface area contributed by atoms with Crippen LogP contribution in [0.5, 0.6) is 0 Å². The van der Waals surface area contributed by atoms with Crippen LogP contribution in [0.1, 0.15) is 6.42 Å². The molecule has 0 radical (unpaired) electrons. The molecule has 96 valence electrons. The van der Waals surface area contributed by atoms with Crippen LogP contribution in [0.15, 0.2) is 40.6 Å². The minimum absolute atomic E-state index is 0.0293. The van der Waals surface area contributed by atoms with Gasteiger partial charge in [0.05, 0.1) is 17.0 Å². The largest absolute Gasteiger partial charge is 0.482 e. The van der Waals surface area contributed by atoms with E-state index in [9.17, 15) is 9.59 Å². The Morgan fingerprint density at radius 3 is 3.05 bits per heavy atom. The van der Waals surface area contributed by atoms with E-state index >= 15 is 0 Å². The summed E-state index contributed by atoms with van der Waals surface area (Å²) < 4.78 is 5.63. The monoisotopic (exact) mass is 258 g/mol. The van der Waals surface area contributed by atoms with Gasteiger partial charge in [0.25, 0.3) is 0 Å². The van der Waals surface area contributed by atoms with Gasteiger partial charge in [0.2, 0.25) is 5.78 Å². The summed E-state index contributed by atoms with van der Waals surface area (Å²) in [6, 6.07) is -0.413. The zero-order valence-electron chi connectivity index (χ0n) is 9.79. The summed E-state index contributed by atoms with van der Waals surface area (Å²) in [4.78, 5) is 26.7. The molecule has 2 atom stereocenters. The van der Waals surface area contributed by atoms with Crippen molar-refractivity contribution in [1.82, 2.24) is 0 Å². The molecular formula is C13H10N2O4. The number of hydrogen-bond acceptors (Lipinski definition) is 5. The number of aliphatic carboxylic acids is 1. The van der Waals surface area contributed by atoms with Crippen LogP contribution in [0.25, 0.3) is 0 Å². The molecule has 2 aliphatic carbocycles. The van der Waals surface area contributed by atoms with E-state index in [1.807, 2.05) is 0 Å². The van der Waals surface area contributed by atoms with Gasteiger partial charge in [-0.2, -0.15) is 0 Å². The molecule has 19 heavy (non-hydrogen) atoms. The first-order valence-corrected chi connectivity index (χ1v) is 5.75. The summed E-state index contributed by atoms with van der Waals surface area (Å²) >= 11 is 0. The Morgan fingerprint density at radius 2 is 2.32 bits per heavy atom. The highest BCUT2D eigenvalue weighted by molar-refractivity contribution is 6.49. The van der Waals surface area contributed by atoms with Gasteiger partial charge < -0.3 is 15.3 Å². The molecule has 0 saturated heterocycles. The molecule has 0 saturated carbocycles. The summed E-state index contributed by atoms with van der Waals surface area (Å²) in [5, 5.41) is 16.4. The molecule has 6 heteroatoms. The van der Waals surface area contributed by atoms with Crippen molar-refractivity contribution in [3.05, 3.63) is 35.6 Å². The number of aliphatic imine (C=N–C) groups is 1. The molecular weight excluding hydrogens is 248 g/mol. The number of nitrogens with zero attached hydrogens (tertiary/aromatic N) is 1. The van der Waals surface area contributed by atoms with E-state index in [4.69, 9.17) is 15.3 Å². The fourth-order valence-corrected chi connectivity index (χ4v) is 2.18. The zero-order chi connectivity index (χ0) is 13.6. The molecule has 3 rings (SSSR count). The van der Waals surface area contributed by atoms with Crippen molar-refractivity contribution in [2.45, 2.75) is 18.6 Å². The number of carboxylic acids is 1. The van der Waals surface area contributed by atoms with Crippen LogP contribution in [-0.2, 0) is 14.3 Å². The lowest BCUT2D eigenvalue weighted by atomic mass is 9.94. The first-order chi connectivity index (χ1) is 9.04. The molecule has 0 fully saturated rings. The third kappa shape index (κ3) is 1.91. The lowest BCUT2D eigenvalue weighted by Gasteiger charge is -2.32. The molecule has 0 spiro atoms. The summed E-state index contributed by atoms with van der Waals surface area (Å²) in [6.45, 7) is 0. The van der Waals surface area contributed by atoms with Crippen LogP contribution in [0.4, 0.5) is 0 Å². The second-order valence-electron chi connectivity index (χ2n) is 4.46. The standard InChI is InChI=1S/C13H10N2O4/c14-7-4-9-12(5-10(7)16)19-11-2-1-6(13(17)18)3-8(11)15-9/h1-3,5,8,11,14H,4H2,(H,17,18). The SMILES string of the molecule is N=C1CC2=NC3C=C(C(=O)O)C=CC3OC2=CC1=O. The van der Waals surface area contributed by atoms with Gasteiger partial charge in [0.15, 0.2) is 0 Å². The minimum atomic E-state index is -1.01. The highest BCUT2D eigenvalue weighted by Crippen LogP contribution is 2.27. The number of ketones is 1. The lowest BCUT2D eigenvalue weighted by Crippen LogP contribution is -2.37. The normalized spacial score (nSPS) is 28.5. The van der Waals surface area contributed by atoms with E-state index in [1.165, 1.54) is 18.2 Å². The Kier molecular flexibility index (Phi) is 2.45. The second kappa shape index (κ2) is 4.01. The molecule has 0 amide bonds. The maximum atomic E-state index is 11.4. The lowest BCUT2D eigenvalue weighted by molar-refractivity contribution is -0.132. The second-order valence-corrected chi connectivity index (χ2v) is 4.46. The molecule has 0 aromatic rings. The quantitative estimate of drug-likeness (QED) is 0.721. The average Bonchev–Trinajstić information content (AvgIpc) is 2.37. The highest BCUT2D eigenvalue weighted by Gasteiger charge is 2.34. The van der Waals surface area contributed by atoms with Crippen LogP contribution in [-0.4, -0.2) is 40.4 Å². The fraction of sp³-hybridized carbons (Fsp3) is 0.231. The fourth-order valence-electron chi connectivity index (χ4n) is 2.18. The van der Waals surface area contributed by atoms with Gasteiger partial charge in [0, 0.05) is 12.5 Å². The van der Waals surface area contributed by atoms with Crippen molar-refractivity contribution in [1.29, 1.82) is 5.41 Å². The highest BCUT2D eigenvalue weighted by atomic mass is 16.5. The molecule has 2 unspecified atom stereocenters. The van der Waals surface area contributed by atoms with Crippen molar-refractivity contribution in [2.24, 2.45) is 4.99 Å². The predicted octanol–water partition coefficient (Wildman–Crippen LogP) is 0.652. The van der Waals surface area contributed by atoms with Crippen LogP contribution < -0.4 is 0 Å². The van der Waals surface area contributed by atoms with E-state index in [1.54, 1.807) is 6.08 Å². The number of carboxylic acid groups (broad SMARTS) is 1. The van der Waals surface area contributed by atoms with Gasteiger partial charge in [-0.05, 0) is 18.2 Å². The Bertz CT molecular complexity index is 625. The van der Waals surface area contributed by atoms with E-state index in [0.717, 1.165) is 0 Å². The van der Waals surface area contributed by atoms with Gasteiger partial charge in [-0.25, -0.2) is 4.79 Å². The first-order valence-electron chi connectivity index (χ1n) is 5.75. The van der Waals surface area contributed by atoms with Crippen molar-refractivity contribution in [2.75, 3.05) is 0 Å². The van der Waals surface area contributed by atoms with E-state index in [-0.39, 0.29) is 23.5 Å². The Hall–Kier alpha value is -2.50. The van der Waals surface area contributed by atoms with E-state index < -0.39 is 18.1 Å². The Morgan fingerprint density at radius 1 is 1.53 bits per heavy atom. The van der Waals surface area contributed by atoms with Gasteiger partial charge in [-0.15, -0.1) is 0 Å². The van der Waals surface area contributed by atoms with Crippen LogP contribution in [0, 0.1) is 5.41 Å². The number of carbonyl (C=O) groups excluding carboxylic acids is 1. The number of allylic oxidation sites excluding steroid dienone is 2. The third-order valence-corrected chi connectivity index (χ3v) is 3.16. The zero-order valence-corrected chi connectivity index (χ0v) is 9.79. The number of nitrogens with one attached hydrogen (secondary N) is 1. The Balaban J connectivity index is 1.98. The van der Waals surface area contributed by atoms with Crippen molar-refractivity contribution in [3.8, 4) is 0 Å². The van der Waals surface area contributed by atoms with Crippen molar-refractivity contribution >= 4 is 23.2 Å². The van der Waals surface area contributed by atoms with Gasteiger partial charge >= 0.3 is 5.97 Å². The number of rotatable bonds is 1. The van der Waals surface area contributed by atoms with Crippen molar-refractivity contribution < 1.29 is 19.4 Å². The average molecular weight is 258 g/mol. The molecule has 1 heterocycles. The molecule has 3 aliphatic rings. The third-order valence-electron chi connectivity index (χ3n) is 3.16. The molecule has 6 nitrogen and oxygen atoms in total. The summed E-state index contributed by atoms with van der Waals surface area (Å²) in [7, 11) is 0. The summed E-state index contributed by atoms with van der Waals surface area (Å²) in [5.74, 6) is -0.990. The Labute approximate surface area is 108 Å². The molecule has 0 bridgehead atoms. The van der Waals surface area contributed by atoms with Crippen LogP contribution in [0.3, 0.4) is 0 Å². The van der Waals surface area contributed by atoms with Gasteiger partial charge in [-0.1, -0.05) is 0 Å². The first kappa shape index (κ1) is 11.6. The molecule has 0 aromatic heterocycles. The number of fused-ring (bicyclic) bond motifs is 2. The summed E-state index contributed by atoms with van der Waals surface area (Å²) in [6.07, 6.45) is 5.63. The van der Waals surface area contributed by atoms with Crippen LogP contribution in [0.2, 0.25) is 0 Å². The molecule has 1 aliphatic heterocycles. The van der Waals surface area contributed by atoms with Crippen LogP contribution >= 0.6 is 0 Å². The number of carbonyl (C=O) groups is 2. The molecule has 0 aromatic carbocycles. The van der Waals surface area contributed by atoms with E-state index in [0.29, 0.717) is 11.5 Å². The number of hydrogen-bond donors (Lipinski definition) is 2. The van der Waals surface area contributed by atoms with Gasteiger partial charge in [0.1, 0.15) is 17.9 Å². The topological polar surface area (TPSA) is 99.8 Å². The maximum absolute atomic E-state index is 11.4. The predicted molar refractivity (Wildman–Crippen MR) is 66.4 cm³/mol. The smallest absolute Gasteiger partial charge is 0.335 e.